The van der Waals surface area contributed by atoms with Crippen LogP contribution in [0.3, 0.4) is 0 Å². The highest BCUT2D eigenvalue weighted by molar-refractivity contribution is 7.92. The first-order valence-electron chi connectivity index (χ1n) is 7.21. The molecule has 23 heavy (non-hydrogen) atoms. The lowest BCUT2D eigenvalue weighted by atomic mass is 10.1. The molecular formula is C15H19NO6S. The lowest BCUT2D eigenvalue weighted by Crippen LogP contribution is -2.48. The van der Waals surface area contributed by atoms with Crippen molar-refractivity contribution >= 4 is 21.7 Å². The average Bonchev–Trinajstić information content (AvgIpc) is 2.54. The van der Waals surface area contributed by atoms with Gasteiger partial charge in [-0.25, -0.2) is 13.2 Å². The van der Waals surface area contributed by atoms with E-state index in [4.69, 9.17) is 9.84 Å². The maximum Gasteiger partial charge on any atom is 0.334 e. The van der Waals surface area contributed by atoms with E-state index >= 15 is 0 Å². The number of morpholine rings is 1. The van der Waals surface area contributed by atoms with E-state index in [1.165, 1.54) is 17.0 Å². The number of ether oxygens (including phenoxy) is 1. The van der Waals surface area contributed by atoms with Crippen molar-refractivity contribution in [3.63, 3.8) is 0 Å². The number of aliphatic carboxylic acids is 1. The molecule has 8 heteroatoms. The number of rotatable bonds is 4. The van der Waals surface area contributed by atoms with Gasteiger partial charge in [0.05, 0.1) is 28.9 Å². The fourth-order valence-corrected chi connectivity index (χ4v) is 3.54. The first-order valence-corrected chi connectivity index (χ1v) is 8.76. The number of benzene rings is 1. The predicted molar refractivity (Wildman–Crippen MR) is 82.0 cm³/mol. The Morgan fingerprint density at radius 1 is 1.30 bits per heavy atom. The molecule has 0 bridgehead atoms. The van der Waals surface area contributed by atoms with Gasteiger partial charge in [-0.2, -0.15) is 0 Å². The Bertz CT molecular complexity index is 712. The minimum atomic E-state index is -3.62. The fraction of sp³-hybridized carbons (Fsp3) is 0.467. The van der Waals surface area contributed by atoms with E-state index < -0.39 is 33.1 Å². The van der Waals surface area contributed by atoms with E-state index in [0.29, 0.717) is 0 Å². The van der Waals surface area contributed by atoms with Gasteiger partial charge < -0.3 is 14.7 Å². The molecule has 1 N–H and O–H groups in total. The van der Waals surface area contributed by atoms with E-state index in [-0.39, 0.29) is 30.2 Å². The summed E-state index contributed by atoms with van der Waals surface area (Å²) in [5.74, 6) is -1.65. The van der Waals surface area contributed by atoms with E-state index in [1.807, 2.05) is 0 Å². The molecule has 7 nitrogen and oxygen atoms in total. The van der Waals surface area contributed by atoms with Crippen LogP contribution in [0.1, 0.15) is 24.2 Å². The third-order valence-corrected chi connectivity index (χ3v) is 5.88. The van der Waals surface area contributed by atoms with Gasteiger partial charge in [0.15, 0.2) is 15.9 Å². The van der Waals surface area contributed by atoms with Crippen LogP contribution < -0.4 is 0 Å². The summed E-state index contributed by atoms with van der Waals surface area (Å²) in [7, 11) is -3.62. The number of hydrogen-bond donors (Lipinski definition) is 1. The molecule has 1 unspecified atom stereocenters. The van der Waals surface area contributed by atoms with Gasteiger partial charge in [0.1, 0.15) is 0 Å². The number of carbonyl (C=O) groups excluding carboxylic acids is 1. The van der Waals surface area contributed by atoms with Crippen LogP contribution in [0.5, 0.6) is 0 Å². The maximum absolute atomic E-state index is 12.7. The van der Waals surface area contributed by atoms with E-state index in [1.54, 1.807) is 26.0 Å². The highest BCUT2D eigenvalue weighted by atomic mass is 32.2. The SMILES string of the molecule is CC(C)S(=O)(=O)c1ccccc1C(=O)N1CCOC(C(=O)O)C1. The van der Waals surface area contributed by atoms with E-state index in [9.17, 15) is 18.0 Å². The smallest absolute Gasteiger partial charge is 0.334 e. The minimum Gasteiger partial charge on any atom is -0.479 e. The molecule has 1 aliphatic heterocycles. The third kappa shape index (κ3) is 3.53. The Morgan fingerprint density at radius 3 is 2.57 bits per heavy atom. The Kier molecular flexibility index (Phi) is 5.06. The molecule has 0 radical (unpaired) electrons. The lowest BCUT2D eigenvalue weighted by molar-refractivity contribution is -0.154. The standard InChI is InChI=1S/C15H19NO6S/c1-10(2)23(20,21)13-6-4-3-5-11(13)14(17)16-7-8-22-12(9-16)15(18)19/h3-6,10,12H,7-9H2,1-2H3,(H,18,19). The fourth-order valence-electron chi connectivity index (χ4n) is 2.30. The van der Waals surface area contributed by atoms with Crippen LogP contribution >= 0.6 is 0 Å². The summed E-state index contributed by atoms with van der Waals surface area (Å²) >= 11 is 0. The van der Waals surface area contributed by atoms with Gasteiger partial charge in [-0.3, -0.25) is 4.79 Å². The molecule has 126 valence electrons. The summed E-state index contributed by atoms with van der Waals surface area (Å²) in [5.41, 5.74) is 0.0623. The number of hydrogen-bond acceptors (Lipinski definition) is 5. The van der Waals surface area contributed by atoms with E-state index in [2.05, 4.69) is 0 Å². The van der Waals surface area contributed by atoms with Crippen molar-refractivity contribution in [2.45, 2.75) is 30.1 Å². The summed E-state index contributed by atoms with van der Waals surface area (Å²) < 4.78 is 29.9. The number of sulfone groups is 1. The van der Waals surface area contributed by atoms with Crippen LogP contribution in [0.25, 0.3) is 0 Å². The number of carboxylic acid groups (broad SMARTS) is 1. The second-order valence-electron chi connectivity index (χ2n) is 5.54. The number of carbonyl (C=O) groups is 2. The summed E-state index contributed by atoms with van der Waals surface area (Å²) in [6, 6.07) is 5.99. The molecule has 0 aliphatic carbocycles. The average molecular weight is 341 g/mol. The summed E-state index contributed by atoms with van der Waals surface area (Å²) in [6.45, 7) is 3.31. The van der Waals surface area contributed by atoms with Gasteiger partial charge >= 0.3 is 5.97 Å². The van der Waals surface area contributed by atoms with Crippen LogP contribution in [0.15, 0.2) is 29.2 Å². The van der Waals surface area contributed by atoms with Crippen molar-refractivity contribution in [3.8, 4) is 0 Å². The first-order chi connectivity index (χ1) is 10.7. The third-order valence-electron chi connectivity index (χ3n) is 3.67. The molecule has 0 spiro atoms. The van der Waals surface area contributed by atoms with Gasteiger partial charge in [-0.05, 0) is 26.0 Å². The minimum absolute atomic E-state index is 0.0293. The predicted octanol–water partition coefficient (Wildman–Crippen LogP) is 0.794. The van der Waals surface area contributed by atoms with Gasteiger partial charge in [0.2, 0.25) is 0 Å². The zero-order valence-corrected chi connectivity index (χ0v) is 13.7. The largest absolute Gasteiger partial charge is 0.479 e. The molecule has 1 atom stereocenters. The van der Waals surface area contributed by atoms with Crippen molar-refractivity contribution in [1.82, 2.24) is 4.90 Å². The van der Waals surface area contributed by atoms with Crippen molar-refractivity contribution in [2.75, 3.05) is 19.7 Å². The maximum atomic E-state index is 12.7. The lowest BCUT2D eigenvalue weighted by Gasteiger charge is -2.31. The normalized spacial score (nSPS) is 18.9. The molecule has 0 saturated carbocycles. The molecule has 1 aromatic rings. The summed E-state index contributed by atoms with van der Waals surface area (Å²) in [5, 5.41) is 8.35. The molecule has 1 saturated heterocycles. The Hall–Kier alpha value is -1.93. The second-order valence-corrected chi connectivity index (χ2v) is 8.01. The number of carboxylic acids is 1. The van der Waals surface area contributed by atoms with Gasteiger partial charge in [-0.1, -0.05) is 12.1 Å². The number of amides is 1. The Balaban J connectivity index is 2.36. The molecule has 1 aliphatic rings. The van der Waals surface area contributed by atoms with Crippen LogP contribution in [-0.2, 0) is 19.4 Å². The van der Waals surface area contributed by atoms with Gasteiger partial charge in [0, 0.05) is 6.54 Å². The monoisotopic (exact) mass is 341 g/mol. The van der Waals surface area contributed by atoms with Crippen LogP contribution in [0, 0.1) is 0 Å². The molecule has 1 heterocycles. The van der Waals surface area contributed by atoms with Gasteiger partial charge in [-0.15, -0.1) is 0 Å². The first kappa shape index (κ1) is 17.4. The molecule has 1 aromatic carbocycles. The second kappa shape index (κ2) is 6.67. The van der Waals surface area contributed by atoms with Crippen molar-refractivity contribution < 1.29 is 27.9 Å². The Labute approximate surface area is 134 Å². The zero-order chi connectivity index (χ0) is 17.2. The van der Waals surface area contributed by atoms with Crippen LogP contribution in [0.4, 0.5) is 0 Å². The molecule has 1 fully saturated rings. The van der Waals surface area contributed by atoms with Crippen molar-refractivity contribution in [1.29, 1.82) is 0 Å². The molecule has 0 aromatic heterocycles. The topological polar surface area (TPSA) is 101 Å². The zero-order valence-electron chi connectivity index (χ0n) is 12.9. The molecular weight excluding hydrogens is 322 g/mol. The van der Waals surface area contributed by atoms with Crippen molar-refractivity contribution in [2.24, 2.45) is 0 Å². The highest BCUT2D eigenvalue weighted by Gasteiger charge is 2.32. The highest BCUT2D eigenvalue weighted by Crippen LogP contribution is 2.22. The molecule has 2 rings (SSSR count). The van der Waals surface area contributed by atoms with Crippen LogP contribution in [0.2, 0.25) is 0 Å². The number of nitrogens with zero attached hydrogens (tertiary/aromatic N) is 1. The van der Waals surface area contributed by atoms with Gasteiger partial charge in [0.25, 0.3) is 5.91 Å². The van der Waals surface area contributed by atoms with E-state index in [0.717, 1.165) is 0 Å². The van der Waals surface area contributed by atoms with Crippen LogP contribution in [-0.4, -0.2) is 61.4 Å². The van der Waals surface area contributed by atoms with Crippen molar-refractivity contribution in [3.05, 3.63) is 29.8 Å². The molecule has 1 amide bonds. The quantitative estimate of drug-likeness (QED) is 0.869. The Morgan fingerprint density at radius 2 is 1.96 bits per heavy atom. The summed E-state index contributed by atoms with van der Waals surface area (Å²) in [6.07, 6.45) is -1.10. The summed E-state index contributed by atoms with van der Waals surface area (Å²) in [4.78, 5) is 25.0.